The minimum Gasteiger partial charge on any atom is -0.334 e. The van der Waals surface area contributed by atoms with Gasteiger partial charge in [-0.3, -0.25) is 15.4 Å². The van der Waals surface area contributed by atoms with Gasteiger partial charge in [-0.25, -0.2) is 9.48 Å². The highest BCUT2D eigenvalue weighted by molar-refractivity contribution is 5.90. The van der Waals surface area contributed by atoms with Gasteiger partial charge in [0.25, 0.3) is 0 Å². The molecular weight excluding hydrogens is 452 g/mol. The number of benzene rings is 3. The molecule has 3 unspecified atom stereocenters. The summed E-state index contributed by atoms with van der Waals surface area (Å²) in [5, 5.41) is 19.5. The number of carbonyl (C=O) groups is 2. The molecule has 0 radical (unpaired) electrons. The summed E-state index contributed by atoms with van der Waals surface area (Å²) < 4.78 is 1.66. The number of aromatic nitrogens is 2. The first-order valence-corrected chi connectivity index (χ1v) is 12.4. The van der Waals surface area contributed by atoms with Crippen molar-refractivity contribution in [2.75, 3.05) is 5.32 Å². The lowest BCUT2D eigenvalue weighted by molar-refractivity contribution is -0.130. The van der Waals surface area contributed by atoms with Crippen molar-refractivity contribution in [3.63, 3.8) is 0 Å². The van der Waals surface area contributed by atoms with Crippen LogP contribution in [0.25, 0.3) is 22.0 Å². The van der Waals surface area contributed by atoms with Crippen LogP contribution in [0.3, 0.4) is 0 Å². The summed E-state index contributed by atoms with van der Waals surface area (Å²) in [6.07, 6.45) is 2.34. The molecule has 3 atom stereocenters. The molecule has 4 aromatic rings. The van der Waals surface area contributed by atoms with Crippen LogP contribution in [0.4, 0.5) is 10.6 Å². The van der Waals surface area contributed by atoms with Crippen LogP contribution in [0.2, 0.25) is 0 Å². The van der Waals surface area contributed by atoms with Crippen molar-refractivity contribution in [2.24, 2.45) is 5.92 Å². The van der Waals surface area contributed by atoms with Gasteiger partial charge in [0.2, 0.25) is 5.91 Å². The predicted octanol–water partition coefficient (Wildman–Crippen LogP) is 4.37. The smallest absolute Gasteiger partial charge is 0.320 e. The first-order chi connectivity index (χ1) is 17.7. The molecule has 6 rings (SSSR count). The molecule has 0 bridgehead atoms. The Labute approximate surface area is 209 Å². The number of fused-ring (bicyclic) bond motifs is 2. The lowest BCUT2D eigenvalue weighted by atomic mass is 10.0. The second-order valence-corrected chi connectivity index (χ2v) is 9.39. The number of anilines is 1. The van der Waals surface area contributed by atoms with Crippen LogP contribution in [0.1, 0.15) is 31.1 Å². The third-order valence-corrected chi connectivity index (χ3v) is 7.11. The number of hydrogen-bond donors (Lipinski definition) is 4. The predicted molar refractivity (Wildman–Crippen MR) is 139 cm³/mol. The maximum absolute atomic E-state index is 13.0. The van der Waals surface area contributed by atoms with Gasteiger partial charge in [0.15, 0.2) is 6.29 Å². The molecule has 4 N–H and O–H groups in total. The maximum Gasteiger partial charge on any atom is 0.320 e. The molecule has 36 heavy (non-hydrogen) atoms. The Kier molecular flexibility index (Phi) is 5.87. The molecule has 3 aromatic carbocycles. The normalized spacial score (nSPS) is 21.1. The summed E-state index contributed by atoms with van der Waals surface area (Å²) in [5.41, 5.74) is 2.68. The van der Waals surface area contributed by atoms with Crippen molar-refractivity contribution >= 4 is 28.5 Å². The van der Waals surface area contributed by atoms with E-state index in [2.05, 4.69) is 39.5 Å². The monoisotopic (exact) mass is 480 g/mol. The number of rotatable bonds is 5. The van der Waals surface area contributed by atoms with Crippen LogP contribution in [0.5, 0.6) is 0 Å². The Balaban J connectivity index is 1.24. The lowest BCUT2D eigenvalue weighted by Crippen LogP contribution is -2.57. The van der Waals surface area contributed by atoms with Gasteiger partial charge in [-0.1, -0.05) is 79.2 Å². The van der Waals surface area contributed by atoms with Crippen molar-refractivity contribution in [1.29, 1.82) is 0 Å². The van der Waals surface area contributed by atoms with E-state index in [-0.39, 0.29) is 23.9 Å². The standard InChI is InChI=1S/C28H28N6O2/c35-26-22-14-7-15-23(22)30-27(32-26)34-25(16-24(33-34)19-9-2-1-3-10-19)31-28(36)29-17-20-12-6-11-18-8-4-5-13-21(18)20/h1-6,8-13,16,22-23,27,30H,7,14-15,17H2,(H,32,35)(H2,29,31,36). The van der Waals surface area contributed by atoms with E-state index in [1.54, 1.807) is 4.68 Å². The van der Waals surface area contributed by atoms with E-state index < -0.39 is 6.29 Å². The SMILES string of the molecule is O=C(NCc1cccc2ccccc12)Nc1cc(-c2ccccc2)nn1C1NC(=O)C2CCCC2N1. The fourth-order valence-corrected chi connectivity index (χ4v) is 5.31. The first-order valence-electron chi connectivity index (χ1n) is 12.4. The quantitative estimate of drug-likeness (QED) is 0.341. The van der Waals surface area contributed by atoms with Crippen molar-refractivity contribution in [2.45, 2.75) is 38.1 Å². The fourth-order valence-electron chi connectivity index (χ4n) is 5.31. The third kappa shape index (κ3) is 4.31. The topological polar surface area (TPSA) is 100 Å². The number of hydrogen-bond acceptors (Lipinski definition) is 4. The zero-order valence-electron chi connectivity index (χ0n) is 19.8. The molecule has 8 heteroatoms. The van der Waals surface area contributed by atoms with Crippen LogP contribution >= 0.6 is 0 Å². The molecular formula is C28H28N6O2. The highest BCUT2D eigenvalue weighted by Crippen LogP contribution is 2.32. The van der Waals surface area contributed by atoms with Crippen molar-refractivity contribution in [1.82, 2.24) is 25.7 Å². The summed E-state index contributed by atoms with van der Waals surface area (Å²) >= 11 is 0. The van der Waals surface area contributed by atoms with Crippen LogP contribution in [0, 0.1) is 5.92 Å². The number of carbonyl (C=O) groups excluding carboxylic acids is 2. The number of nitrogens with one attached hydrogen (secondary N) is 4. The van der Waals surface area contributed by atoms with Crippen molar-refractivity contribution < 1.29 is 9.59 Å². The molecule has 2 fully saturated rings. The molecule has 1 saturated heterocycles. The molecule has 1 aliphatic carbocycles. The average Bonchev–Trinajstić information content (AvgIpc) is 3.56. The second-order valence-electron chi connectivity index (χ2n) is 9.39. The van der Waals surface area contributed by atoms with Gasteiger partial charge >= 0.3 is 6.03 Å². The molecule has 3 amide bonds. The van der Waals surface area contributed by atoms with Crippen molar-refractivity contribution in [3.8, 4) is 11.3 Å². The zero-order valence-corrected chi connectivity index (χ0v) is 19.8. The van der Waals surface area contributed by atoms with Gasteiger partial charge in [-0.2, -0.15) is 5.10 Å². The fraction of sp³-hybridized carbons (Fsp3) is 0.250. The van der Waals surface area contributed by atoms with Crippen LogP contribution in [-0.4, -0.2) is 27.8 Å². The van der Waals surface area contributed by atoms with E-state index in [1.807, 2.05) is 60.7 Å². The minimum absolute atomic E-state index is 0.00851. The minimum atomic E-state index is -0.539. The second kappa shape index (κ2) is 9.47. The largest absolute Gasteiger partial charge is 0.334 e. The molecule has 2 aliphatic rings. The Hall–Kier alpha value is -4.17. The molecule has 1 saturated carbocycles. The molecule has 1 aliphatic heterocycles. The van der Waals surface area contributed by atoms with Gasteiger partial charge in [0.05, 0.1) is 11.6 Å². The highest BCUT2D eigenvalue weighted by Gasteiger charge is 2.40. The van der Waals surface area contributed by atoms with Crippen LogP contribution in [0.15, 0.2) is 78.9 Å². The van der Waals surface area contributed by atoms with E-state index in [0.29, 0.717) is 18.1 Å². The number of urea groups is 1. The first kappa shape index (κ1) is 22.3. The highest BCUT2D eigenvalue weighted by atomic mass is 16.2. The van der Waals surface area contributed by atoms with E-state index in [1.165, 1.54) is 0 Å². The Morgan fingerprint density at radius 1 is 1.00 bits per heavy atom. The Morgan fingerprint density at radius 2 is 1.81 bits per heavy atom. The van der Waals surface area contributed by atoms with Crippen LogP contribution < -0.4 is 21.3 Å². The van der Waals surface area contributed by atoms with E-state index in [0.717, 1.165) is 41.2 Å². The Bertz CT molecular complexity index is 1410. The third-order valence-electron chi connectivity index (χ3n) is 7.11. The zero-order chi connectivity index (χ0) is 24.5. The summed E-state index contributed by atoms with van der Waals surface area (Å²) in [7, 11) is 0. The van der Waals surface area contributed by atoms with E-state index in [4.69, 9.17) is 5.10 Å². The summed E-state index contributed by atoms with van der Waals surface area (Å²) in [5.74, 6) is 0.522. The maximum atomic E-state index is 13.0. The number of nitrogens with zero attached hydrogens (tertiary/aromatic N) is 2. The van der Waals surface area contributed by atoms with Gasteiger partial charge in [0.1, 0.15) is 5.82 Å². The summed E-state index contributed by atoms with van der Waals surface area (Å²) in [4.78, 5) is 25.7. The van der Waals surface area contributed by atoms with Gasteiger partial charge in [0, 0.05) is 24.2 Å². The van der Waals surface area contributed by atoms with Gasteiger partial charge < -0.3 is 10.6 Å². The number of amides is 3. The molecule has 2 heterocycles. The summed E-state index contributed by atoms with van der Waals surface area (Å²) in [6, 6.07) is 25.6. The van der Waals surface area contributed by atoms with Crippen LogP contribution in [-0.2, 0) is 11.3 Å². The average molecular weight is 481 g/mol. The van der Waals surface area contributed by atoms with E-state index >= 15 is 0 Å². The lowest BCUT2D eigenvalue weighted by Gasteiger charge is -2.34. The Morgan fingerprint density at radius 3 is 2.69 bits per heavy atom. The van der Waals surface area contributed by atoms with Gasteiger partial charge in [-0.05, 0) is 29.2 Å². The summed E-state index contributed by atoms with van der Waals surface area (Å²) in [6.45, 7) is 0.384. The van der Waals surface area contributed by atoms with Gasteiger partial charge in [-0.15, -0.1) is 0 Å². The van der Waals surface area contributed by atoms with Crippen molar-refractivity contribution in [3.05, 3.63) is 84.4 Å². The molecule has 8 nitrogen and oxygen atoms in total. The van der Waals surface area contributed by atoms with E-state index in [9.17, 15) is 9.59 Å². The molecule has 0 spiro atoms. The molecule has 182 valence electrons. The molecule has 1 aromatic heterocycles.